The summed E-state index contributed by atoms with van der Waals surface area (Å²) in [5.74, 6) is 2.31. The van der Waals surface area contributed by atoms with E-state index in [4.69, 9.17) is 0 Å². The number of hydrogen-bond donors (Lipinski definition) is 1. The van der Waals surface area contributed by atoms with Gasteiger partial charge in [-0.15, -0.1) is 0 Å². The normalized spacial score (nSPS) is 42.4. The Labute approximate surface area is 105 Å². The van der Waals surface area contributed by atoms with Crippen LogP contribution in [0.15, 0.2) is 5.16 Å². The molecule has 2 bridgehead atoms. The monoisotopic (exact) mass is 239 g/mol. The minimum Gasteiger partial charge on any atom is -0.411 e. The van der Waals surface area contributed by atoms with E-state index in [1.54, 1.807) is 0 Å². The molecule has 0 aromatic rings. The van der Waals surface area contributed by atoms with Gasteiger partial charge in [0.2, 0.25) is 0 Å². The number of nitrogens with zero attached hydrogens (tertiary/aromatic N) is 2. The fraction of sp³-hybridized carbons (Fsp3) is 0.929. The third-order valence-electron chi connectivity index (χ3n) is 5.35. The highest BCUT2D eigenvalue weighted by molar-refractivity contribution is 5.92. The molecule has 3 heteroatoms. The molecule has 2 rings (SSSR count). The van der Waals surface area contributed by atoms with Crippen LogP contribution in [-0.4, -0.2) is 43.1 Å². The van der Waals surface area contributed by atoms with Gasteiger partial charge in [-0.25, -0.2) is 0 Å². The first-order valence-electron chi connectivity index (χ1n) is 6.70. The summed E-state index contributed by atoms with van der Waals surface area (Å²) >= 11 is 0. The summed E-state index contributed by atoms with van der Waals surface area (Å²) < 4.78 is 0.942. The fourth-order valence-electron chi connectivity index (χ4n) is 4.14. The first-order valence-corrected chi connectivity index (χ1v) is 6.70. The molecule has 2 aliphatic rings. The molecule has 0 aromatic heterocycles. The van der Waals surface area contributed by atoms with E-state index in [1.807, 2.05) is 0 Å². The molecule has 0 radical (unpaired) electrons. The molecule has 0 aliphatic heterocycles. The van der Waals surface area contributed by atoms with Crippen molar-refractivity contribution < 1.29 is 9.69 Å². The SMILES string of the molecule is C[C@H]1[C@@H]2C[C@H]([C@H](C[N+](C)(C)C)/C2=N/O)C1(C)C. The summed E-state index contributed by atoms with van der Waals surface area (Å²) in [6.45, 7) is 8.17. The summed E-state index contributed by atoms with van der Waals surface area (Å²) in [6, 6.07) is 0. The standard InChI is InChI=1S/C14H26N2O/c1-9-10-7-12(14(9,2)3)11(13(10)15-17)8-16(4,5)6/h9-12H,7-8H2,1-6H3/p+1/b15-13+/t9-,10-,11-,12+/m0/s1. The van der Waals surface area contributed by atoms with E-state index in [0.717, 1.165) is 16.7 Å². The van der Waals surface area contributed by atoms with Crippen LogP contribution in [0.3, 0.4) is 0 Å². The number of rotatable bonds is 2. The molecule has 0 spiro atoms. The van der Waals surface area contributed by atoms with Crippen LogP contribution in [-0.2, 0) is 0 Å². The van der Waals surface area contributed by atoms with Crippen molar-refractivity contribution >= 4 is 5.71 Å². The van der Waals surface area contributed by atoms with Gasteiger partial charge in [-0.05, 0) is 23.7 Å². The molecule has 2 saturated carbocycles. The lowest BCUT2D eigenvalue weighted by Gasteiger charge is -2.42. The largest absolute Gasteiger partial charge is 0.411 e. The van der Waals surface area contributed by atoms with Gasteiger partial charge < -0.3 is 9.69 Å². The van der Waals surface area contributed by atoms with Gasteiger partial charge in [0.1, 0.15) is 0 Å². The minimum absolute atomic E-state index is 0.388. The Bertz CT molecular complexity index is 341. The lowest BCUT2D eigenvalue weighted by molar-refractivity contribution is -0.873. The van der Waals surface area contributed by atoms with E-state index >= 15 is 0 Å². The molecule has 17 heavy (non-hydrogen) atoms. The number of quaternary nitrogens is 1. The molecule has 2 fully saturated rings. The highest BCUT2D eigenvalue weighted by Gasteiger charge is 2.60. The van der Waals surface area contributed by atoms with Crippen LogP contribution in [0, 0.1) is 29.1 Å². The second-order valence-corrected chi connectivity index (χ2v) is 7.66. The van der Waals surface area contributed by atoms with Crippen molar-refractivity contribution in [3.63, 3.8) is 0 Å². The Morgan fingerprint density at radius 3 is 2.41 bits per heavy atom. The lowest BCUT2D eigenvalue weighted by atomic mass is 9.64. The maximum Gasteiger partial charge on any atom is 0.0866 e. The summed E-state index contributed by atoms with van der Waals surface area (Å²) in [5, 5.41) is 13.0. The molecule has 0 amide bonds. The van der Waals surface area contributed by atoms with Gasteiger partial charge >= 0.3 is 0 Å². The third kappa shape index (κ3) is 1.88. The molecule has 4 atom stereocenters. The van der Waals surface area contributed by atoms with E-state index in [2.05, 4.69) is 47.1 Å². The third-order valence-corrected chi connectivity index (χ3v) is 5.35. The Balaban J connectivity index is 2.29. The predicted octanol–water partition coefficient (Wildman–Crippen LogP) is 2.45. The van der Waals surface area contributed by atoms with Crippen molar-refractivity contribution in [2.45, 2.75) is 27.2 Å². The van der Waals surface area contributed by atoms with Crippen molar-refractivity contribution in [2.24, 2.45) is 34.2 Å². The molecule has 3 nitrogen and oxygen atoms in total. The zero-order chi connectivity index (χ0) is 13.0. The molecule has 2 aliphatic carbocycles. The average molecular weight is 239 g/mol. The Kier molecular flexibility index (Phi) is 2.81. The quantitative estimate of drug-likeness (QED) is 0.448. The number of oxime groups is 1. The van der Waals surface area contributed by atoms with Crippen LogP contribution in [0.2, 0.25) is 0 Å². The van der Waals surface area contributed by atoms with Crippen LogP contribution in [0.5, 0.6) is 0 Å². The van der Waals surface area contributed by atoms with Crippen LogP contribution >= 0.6 is 0 Å². The first kappa shape index (κ1) is 12.9. The number of hydrogen-bond acceptors (Lipinski definition) is 2. The Morgan fingerprint density at radius 2 is 1.94 bits per heavy atom. The summed E-state index contributed by atoms with van der Waals surface area (Å²) in [5.41, 5.74) is 1.47. The van der Waals surface area contributed by atoms with Gasteiger partial charge in [0.15, 0.2) is 0 Å². The van der Waals surface area contributed by atoms with Gasteiger partial charge in [0.05, 0.1) is 39.3 Å². The second-order valence-electron chi connectivity index (χ2n) is 7.66. The van der Waals surface area contributed by atoms with Gasteiger partial charge in [-0.3, -0.25) is 0 Å². The van der Waals surface area contributed by atoms with E-state index in [-0.39, 0.29) is 0 Å². The fourth-order valence-corrected chi connectivity index (χ4v) is 4.14. The molecule has 0 aromatic carbocycles. The van der Waals surface area contributed by atoms with Gasteiger partial charge in [-0.1, -0.05) is 25.9 Å². The zero-order valence-corrected chi connectivity index (χ0v) is 12.1. The maximum absolute atomic E-state index is 9.32. The molecule has 0 heterocycles. The average Bonchev–Trinajstić information content (AvgIpc) is 2.61. The lowest BCUT2D eigenvalue weighted by Crippen LogP contribution is -2.48. The number of fused-ring (bicyclic) bond motifs is 2. The Hall–Kier alpha value is -0.570. The highest BCUT2D eigenvalue weighted by atomic mass is 16.4. The van der Waals surface area contributed by atoms with Gasteiger partial charge in [0, 0.05) is 5.92 Å². The topological polar surface area (TPSA) is 32.6 Å². The second kappa shape index (κ2) is 3.71. The zero-order valence-electron chi connectivity index (χ0n) is 12.1. The maximum atomic E-state index is 9.32. The summed E-state index contributed by atoms with van der Waals surface area (Å²) in [4.78, 5) is 0. The van der Waals surface area contributed by atoms with Crippen LogP contribution in [0.1, 0.15) is 27.2 Å². The van der Waals surface area contributed by atoms with Gasteiger partial charge in [0.25, 0.3) is 0 Å². The van der Waals surface area contributed by atoms with E-state index in [0.29, 0.717) is 29.1 Å². The summed E-state index contributed by atoms with van der Waals surface area (Å²) in [7, 11) is 6.66. The smallest absolute Gasteiger partial charge is 0.0866 e. The van der Waals surface area contributed by atoms with E-state index in [1.165, 1.54) is 6.42 Å². The molecule has 98 valence electrons. The Morgan fingerprint density at radius 1 is 1.35 bits per heavy atom. The van der Waals surface area contributed by atoms with Crippen molar-refractivity contribution in [2.75, 3.05) is 27.7 Å². The van der Waals surface area contributed by atoms with Crippen molar-refractivity contribution in [1.82, 2.24) is 0 Å². The van der Waals surface area contributed by atoms with Gasteiger partial charge in [-0.2, -0.15) is 0 Å². The van der Waals surface area contributed by atoms with E-state index in [9.17, 15) is 5.21 Å². The van der Waals surface area contributed by atoms with Crippen molar-refractivity contribution in [3.05, 3.63) is 0 Å². The minimum atomic E-state index is 0.388. The predicted molar refractivity (Wildman–Crippen MR) is 70.2 cm³/mol. The summed E-state index contributed by atoms with van der Waals surface area (Å²) in [6.07, 6.45) is 1.22. The van der Waals surface area contributed by atoms with E-state index < -0.39 is 0 Å². The molecule has 1 N–H and O–H groups in total. The van der Waals surface area contributed by atoms with Crippen LogP contribution in [0.25, 0.3) is 0 Å². The molecular formula is C14H27N2O+. The van der Waals surface area contributed by atoms with Crippen LogP contribution in [0.4, 0.5) is 0 Å². The molecule has 0 unspecified atom stereocenters. The molecule has 0 saturated heterocycles. The van der Waals surface area contributed by atoms with Crippen molar-refractivity contribution in [3.8, 4) is 0 Å². The first-order chi connectivity index (χ1) is 7.68. The highest BCUT2D eigenvalue weighted by Crippen LogP contribution is 2.60. The van der Waals surface area contributed by atoms with Crippen LogP contribution < -0.4 is 0 Å². The van der Waals surface area contributed by atoms with Crippen molar-refractivity contribution in [1.29, 1.82) is 0 Å². The molecular weight excluding hydrogens is 212 g/mol.